The molecule has 0 fully saturated rings. The molecule has 0 saturated carbocycles. The van der Waals surface area contributed by atoms with E-state index in [1.165, 1.54) is 0 Å². The van der Waals surface area contributed by atoms with E-state index in [2.05, 4.69) is 0 Å². The van der Waals surface area contributed by atoms with Gasteiger partial charge in [-0.05, 0) is 20.8 Å². The van der Waals surface area contributed by atoms with Gasteiger partial charge in [0.05, 0.1) is 12.2 Å². The van der Waals surface area contributed by atoms with Crippen molar-refractivity contribution in [3.05, 3.63) is 0 Å². The van der Waals surface area contributed by atoms with Crippen LogP contribution in [-0.4, -0.2) is 23.9 Å². The van der Waals surface area contributed by atoms with Gasteiger partial charge >= 0.3 is 0 Å². The molecular weight excluding hydrogens is 128 g/mol. The van der Waals surface area contributed by atoms with Gasteiger partial charge in [0.2, 0.25) is 0 Å². The zero-order chi connectivity index (χ0) is 8.15. The molecule has 0 amide bonds. The molecule has 0 spiro atoms. The maximum absolute atomic E-state index is 9.14. The summed E-state index contributed by atoms with van der Waals surface area (Å²) < 4.78 is 5.30. The summed E-state index contributed by atoms with van der Waals surface area (Å²) in [5.41, 5.74) is 0. The zero-order valence-electron chi connectivity index (χ0n) is 7.29. The van der Waals surface area contributed by atoms with E-state index < -0.39 is 0 Å². The Morgan fingerprint density at radius 1 is 1.30 bits per heavy atom. The molecule has 2 heteroatoms. The van der Waals surface area contributed by atoms with Gasteiger partial charge in [0.1, 0.15) is 0 Å². The number of aliphatic hydroxyl groups is 1. The molecule has 0 aromatic heterocycles. The molecule has 0 heterocycles. The second kappa shape index (κ2) is 4.69. The molecule has 0 saturated heterocycles. The van der Waals surface area contributed by atoms with Crippen LogP contribution < -0.4 is 0 Å². The predicted molar refractivity (Wildman–Crippen MR) is 41.9 cm³/mol. The molecule has 0 bridgehead atoms. The lowest BCUT2D eigenvalue weighted by Crippen LogP contribution is -2.27. The van der Waals surface area contributed by atoms with E-state index in [1.807, 2.05) is 20.8 Å². The Bertz CT molecular complexity index is 81.3. The lowest BCUT2D eigenvalue weighted by Gasteiger charge is -2.21. The fourth-order valence-electron chi connectivity index (χ4n) is 0.807. The molecule has 3 atom stereocenters. The highest BCUT2D eigenvalue weighted by molar-refractivity contribution is 4.65. The first-order valence-corrected chi connectivity index (χ1v) is 3.89. The summed E-state index contributed by atoms with van der Waals surface area (Å²) in [4.78, 5) is 0. The van der Waals surface area contributed by atoms with Gasteiger partial charge in [-0.3, -0.25) is 0 Å². The average Bonchev–Trinajstić information content (AvgIpc) is 1.87. The van der Waals surface area contributed by atoms with Crippen LogP contribution in [0.15, 0.2) is 0 Å². The van der Waals surface area contributed by atoms with Crippen LogP contribution in [0.1, 0.15) is 27.7 Å². The summed E-state index contributed by atoms with van der Waals surface area (Å²) in [6.07, 6.45) is -0.119. The molecule has 2 nitrogen and oxygen atoms in total. The molecule has 0 aliphatic rings. The molecule has 0 aromatic carbocycles. The minimum Gasteiger partial charge on any atom is -0.393 e. The summed E-state index contributed by atoms with van der Waals surface area (Å²) in [6, 6.07) is 0. The number of hydrogen-bond acceptors (Lipinski definition) is 2. The van der Waals surface area contributed by atoms with Gasteiger partial charge in [-0.15, -0.1) is 0 Å². The van der Waals surface area contributed by atoms with E-state index >= 15 is 0 Å². The molecule has 0 aliphatic heterocycles. The Morgan fingerprint density at radius 3 is 2.10 bits per heavy atom. The van der Waals surface area contributed by atoms with E-state index in [0.29, 0.717) is 0 Å². The molecule has 10 heavy (non-hydrogen) atoms. The third kappa shape index (κ3) is 3.18. The van der Waals surface area contributed by atoms with Crippen LogP contribution in [0.2, 0.25) is 0 Å². The van der Waals surface area contributed by atoms with Crippen molar-refractivity contribution in [1.29, 1.82) is 0 Å². The molecule has 0 aliphatic carbocycles. The zero-order valence-corrected chi connectivity index (χ0v) is 7.29. The average molecular weight is 146 g/mol. The summed E-state index contributed by atoms with van der Waals surface area (Å²) in [7, 11) is 0. The molecule has 3 unspecified atom stereocenters. The Labute approximate surface area is 63.2 Å². The monoisotopic (exact) mass is 146 g/mol. The summed E-state index contributed by atoms with van der Waals surface area (Å²) in [5, 5.41) is 9.14. The highest BCUT2D eigenvalue weighted by Crippen LogP contribution is 2.10. The molecule has 0 radical (unpaired) electrons. The quantitative estimate of drug-likeness (QED) is 0.650. The van der Waals surface area contributed by atoms with E-state index in [-0.39, 0.29) is 18.1 Å². The fraction of sp³-hybridized carbons (Fsp3) is 1.00. The number of rotatable bonds is 4. The highest BCUT2D eigenvalue weighted by Gasteiger charge is 2.16. The van der Waals surface area contributed by atoms with Gasteiger partial charge in [0, 0.05) is 12.5 Å². The maximum atomic E-state index is 9.14. The van der Waals surface area contributed by atoms with Gasteiger partial charge in [0.15, 0.2) is 0 Å². The fourth-order valence-corrected chi connectivity index (χ4v) is 0.807. The van der Waals surface area contributed by atoms with Gasteiger partial charge in [0.25, 0.3) is 0 Å². The largest absolute Gasteiger partial charge is 0.393 e. The molecule has 62 valence electrons. The van der Waals surface area contributed by atoms with E-state index in [1.54, 1.807) is 6.92 Å². The molecule has 0 rings (SSSR count). The molecule has 1 N–H and O–H groups in total. The van der Waals surface area contributed by atoms with Crippen LogP contribution in [0.3, 0.4) is 0 Å². The van der Waals surface area contributed by atoms with Gasteiger partial charge in [-0.2, -0.15) is 0 Å². The van der Waals surface area contributed by atoms with Crippen LogP contribution >= 0.6 is 0 Å². The van der Waals surface area contributed by atoms with Gasteiger partial charge < -0.3 is 9.84 Å². The SMILES string of the molecule is CCOC(C)C(C)C(C)O. The van der Waals surface area contributed by atoms with Crippen LogP contribution in [0.5, 0.6) is 0 Å². The molecule has 0 aromatic rings. The predicted octanol–water partition coefficient (Wildman–Crippen LogP) is 1.43. The van der Waals surface area contributed by atoms with Gasteiger partial charge in [-0.1, -0.05) is 6.92 Å². The lowest BCUT2D eigenvalue weighted by atomic mass is 10.0. The number of aliphatic hydroxyl groups excluding tert-OH is 1. The summed E-state index contributed by atoms with van der Waals surface area (Å²) in [5.74, 6) is 0.222. The second-order valence-electron chi connectivity index (χ2n) is 2.76. The topological polar surface area (TPSA) is 29.5 Å². The van der Waals surface area contributed by atoms with Gasteiger partial charge in [-0.25, -0.2) is 0 Å². The minimum absolute atomic E-state index is 0.157. The van der Waals surface area contributed by atoms with E-state index in [4.69, 9.17) is 9.84 Å². The van der Waals surface area contributed by atoms with E-state index in [9.17, 15) is 0 Å². The first-order valence-electron chi connectivity index (χ1n) is 3.89. The third-order valence-electron chi connectivity index (χ3n) is 1.93. The maximum Gasteiger partial charge on any atom is 0.0596 e. The smallest absolute Gasteiger partial charge is 0.0596 e. The second-order valence-corrected chi connectivity index (χ2v) is 2.76. The van der Waals surface area contributed by atoms with Crippen molar-refractivity contribution in [1.82, 2.24) is 0 Å². The Kier molecular flexibility index (Phi) is 4.65. The normalized spacial score (nSPS) is 20.1. The van der Waals surface area contributed by atoms with Crippen LogP contribution in [0, 0.1) is 5.92 Å². The number of ether oxygens (including phenoxy) is 1. The summed E-state index contributed by atoms with van der Waals surface area (Å²) >= 11 is 0. The first kappa shape index (κ1) is 9.92. The van der Waals surface area contributed by atoms with E-state index in [0.717, 1.165) is 6.61 Å². The third-order valence-corrected chi connectivity index (χ3v) is 1.93. The van der Waals surface area contributed by atoms with Crippen molar-refractivity contribution in [3.8, 4) is 0 Å². The Hall–Kier alpha value is -0.0800. The van der Waals surface area contributed by atoms with Crippen LogP contribution in [-0.2, 0) is 4.74 Å². The number of hydrogen-bond donors (Lipinski definition) is 1. The van der Waals surface area contributed by atoms with Crippen molar-refractivity contribution in [2.45, 2.75) is 39.9 Å². The Morgan fingerprint density at radius 2 is 1.80 bits per heavy atom. The van der Waals surface area contributed by atoms with Crippen molar-refractivity contribution in [3.63, 3.8) is 0 Å². The Balaban J connectivity index is 3.58. The van der Waals surface area contributed by atoms with Crippen molar-refractivity contribution in [2.24, 2.45) is 5.92 Å². The van der Waals surface area contributed by atoms with Crippen LogP contribution in [0.25, 0.3) is 0 Å². The van der Waals surface area contributed by atoms with Crippen molar-refractivity contribution < 1.29 is 9.84 Å². The van der Waals surface area contributed by atoms with Crippen molar-refractivity contribution >= 4 is 0 Å². The minimum atomic E-state index is -0.276. The van der Waals surface area contributed by atoms with Crippen molar-refractivity contribution in [2.75, 3.05) is 6.61 Å². The first-order chi connectivity index (χ1) is 4.59. The lowest BCUT2D eigenvalue weighted by molar-refractivity contribution is -0.00860. The summed E-state index contributed by atoms with van der Waals surface area (Å²) in [6.45, 7) is 8.45. The molecular formula is C8H18O2. The standard InChI is InChI=1S/C8H18O2/c1-5-10-8(4)6(2)7(3)9/h6-9H,5H2,1-4H3. The highest BCUT2D eigenvalue weighted by atomic mass is 16.5. The van der Waals surface area contributed by atoms with Crippen LogP contribution in [0.4, 0.5) is 0 Å².